The molecule has 0 spiro atoms. The van der Waals surface area contributed by atoms with Crippen molar-refractivity contribution in [2.24, 2.45) is 4.99 Å². The van der Waals surface area contributed by atoms with Gasteiger partial charge in [0.2, 0.25) is 0 Å². The van der Waals surface area contributed by atoms with Crippen LogP contribution in [0.4, 0.5) is 0 Å². The van der Waals surface area contributed by atoms with Gasteiger partial charge in [0.05, 0.1) is 6.61 Å². The Morgan fingerprint density at radius 3 is 2.48 bits per heavy atom. The second-order valence-corrected chi connectivity index (χ2v) is 5.51. The molecule has 4 nitrogen and oxygen atoms in total. The van der Waals surface area contributed by atoms with Crippen LogP contribution in [0, 0.1) is 0 Å². The van der Waals surface area contributed by atoms with Gasteiger partial charge >= 0.3 is 0 Å². The van der Waals surface area contributed by atoms with Crippen molar-refractivity contribution in [3.63, 3.8) is 0 Å². The standard InChI is InChI=1S/C17H27N3O/c1-3-21-13-15-10-8-14(9-11-15)12-19-17(18-2)20-16-6-4-5-7-16/h8-11,16H,3-7,12-13H2,1-2H3,(H2,18,19,20). The maximum Gasteiger partial charge on any atom is 0.191 e. The summed E-state index contributed by atoms with van der Waals surface area (Å²) >= 11 is 0. The van der Waals surface area contributed by atoms with E-state index in [0.29, 0.717) is 12.6 Å². The van der Waals surface area contributed by atoms with Crippen molar-refractivity contribution < 1.29 is 4.74 Å². The number of nitrogens with zero attached hydrogens (tertiary/aromatic N) is 1. The van der Waals surface area contributed by atoms with E-state index in [1.807, 2.05) is 14.0 Å². The second kappa shape index (κ2) is 8.67. The molecule has 0 radical (unpaired) electrons. The van der Waals surface area contributed by atoms with Crippen LogP contribution in [0.5, 0.6) is 0 Å². The fourth-order valence-electron chi connectivity index (χ4n) is 2.62. The van der Waals surface area contributed by atoms with Crippen LogP contribution in [0.1, 0.15) is 43.7 Å². The van der Waals surface area contributed by atoms with Gasteiger partial charge in [-0.15, -0.1) is 0 Å². The largest absolute Gasteiger partial charge is 0.377 e. The summed E-state index contributed by atoms with van der Waals surface area (Å²) < 4.78 is 5.40. The number of benzene rings is 1. The fourth-order valence-corrected chi connectivity index (χ4v) is 2.62. The highest BCUT2D eigenvalue weighted by Crippen LogP contribution is 2.17. The topological polar surface area (TPSA) is 45.6 Å². The smallest absolute Gasteiger partial charge is 0.191 e. The molecule has 0 unspecified atom stereocenters. The normalized spacial score (nSPS) is 16.2. The van der Waals surface area contributed by atoms with Gasteiger partial charge in [-0.05, 0) is 30.9 Å². The summed E-state index contributed by atoms with van der Waals surface area (Å²) in [6, 6.07) is 9.12. The second-order valence-electron chi connectivity index (χ2n) is 5.51. The summed E-state index contributed by atoms with van der Waals surface area (Å²) in [5, 5.41) is 6.88. The molecular weight excluding hydrogens is 262 g/mol. The number of ether oxygens (including phenoxy) is 1. The van der Waals surface area contributed by atoms with E-state index in [1.54, 1.807) is 0 Å². The van der Waals surface area contributed by atoms with Crippen molar-refractivity contribution >= 4 is 5.96 Å². The third kappa shape index (κ3) is 5.38. The highest BCUT2D eigenvalue weighted by molar-refractivity contribution is 5.79. The number of hydrogen-bond donors (Lipinski definition) is 2. The molecule has 21 heavy (non-hydrogen) atoms. The van der Waals surface area contributed by atoms with Crippen LogP contribution in [0.3, 0.4) is 0 Å². The van der Waals surface area contributed by atoms with E-state index >= 15 is 0 Å². The first-order valence-corrected chi connectivity index (χ1v) is 7.94. The van der Waals surface area contributed by atoms with Gasteiger partial charge < -0.3 is 15.4 Å². The molecule has 1 fully saturated rings. The van der Waals surface area contributed by atoms with Crippen LogP contribution in [0.15, 0.2) is 29.3 Å². The van der Waals surface area contributed by atoms with Crippen LogP contribution in [0.25, 0.3) is 0 Å². The molecule has 1 aliphatic rings. The first kappa shape index (κ1) is 15.8. The number of rotatable bonds is 6. The van der Waals surface area contributed by atoms with E-state index in [2.05, 4.69) is 39.9 Å². The lowest BCUT2D eigenvalue weighted by Gasteiger charge is -2.17. The Balaban J connectivity index is 1.77. The Bertz CT molecular complexity index is 436. The third-order valence-corrected chi connectivity index (χ3v) is 3.88. The number of nitrogens with one attached hydrogen (secondary N) is 2. The van der Waals surface area contributed by atoms with E-state index in [1.165, 1.54) is 36.8 Å². The van der Waals surface area contributed by atoms with E-state index in [0.717, 1.165) is 19.1 Å². The average molecular weight is 289 g/mol. The molecule has 0 amide bonds. The summed E-state index contributed by atoms with van der Waals surface area (Å²) in [5.74, 6) is 0.903. The van der Waals surface area contributed by atoms with Crippen molar-refractivity contribution in [3.05, 3.63) is 35.4 Å². The molecule has 2 N–H and O–H groups in total. The molecule has 1 saturated carbocycles. The maximum atomic E-state index is 5.40. The molecule has 1 aliphatic carbocycles. The predicted octanol–water partition coefficient (Wildman–Crippen LogP) is 2.83. The van der Waals surface area contributed by atoms with Crippen LogP contribution in [0.2, 0.25) is 0 Å². The average Bonchev–Trinajstić information content (AvgIpc) is 3.03. The zero-order valence-corrected chi connectivity index (χ0v) is 13.2. The molecule has 2 rings (SSSR count). The van der Waals surface area contributed by atoms with Crippen molar-refractivity contribution in [1.82, 2.24) is 10.6 Å². The van der Waals surface area contributed by atoms with Crippen molar-refractivity contribution in [2.45, 2.75) is 51.8 Å². The molecule has 116 valence electrons. The molecular formula is C17H27N3O. The lowest BCUT2D eigenvalue weighted by atomic mass is 10.1. The van der Waals surface area contributed by atoms with E-state index in [9.17, 15) is 0 Å². The predicted molar refractivity (Wildman–Crippen MR) is 87.4 cm³/mol. The molecule has 4 heteroatoms. The Morgan fingerprint density at radius 1 is 1.19 bits per heavy atom. The summed E-state index contributed by atoms with van der Waals surface area (Å²) in [6.45, 7) is 4.25. The molecule has 0 bridgehead atoms. The van der Waals surface area contributed by atoms with E-state index < -0.39 is 0 Å². The Morgan fingerprint density at radius 2 is 1.86 bits per heavy atom. The molecule has 1 aromatic rings. The maximum absolute atomic E-state index is 5.40. The lowest BCUT2D eigenvalue weighted by Crippen LogP contribution is -2.41. The quantitative estimate of drug-likeness (QED) is 0.625. The molecule has 0 heterocycles. The summed E-state index contributed by atoms with van der Waals surface area (Å²) in [7, 11) is 1.83. The fraction of sp³-hybridized carbons (Fsp3) is 0.588. The highest BCUT2D eigenvalue weighted by atomic mass is 16.5. The summed E-state index contributed by atoms with van der Waals surface area (Å²) in [5.41, 5.74) is 2.47. The zero-order valence-electron chi connectivity index (χ0n) is 13.2. The van der Waals surface area contributed by atoms with Gasteiger partial charge in [-0.3, -0.25) is 4.99 Å². The monoisotopic (exact) mass is 289 g/mol. The van der Waals surface area contributed by atoms with Crippen molar-refractivity contribution in [2.75, 3.05) is 13.7 Å². The summed E-state index contributed by atoms with van der Waals surface area (Å²) in [4.78, 5) is 4.30. The number of hydrogen-bond acceptors (Lipinski definition) is 2. The highest BCUT2D eigenvalue weighted by Gasteiger charge is 2.15. The van der Waals surface area contributed by atoms with Gasteiger partial charge in [0.1, 0.15) is 0 Å². The van der Waals surface area contributed by atoms with Crippen LogP contribution in [-0.2, 0) is 17.9 Å². The molecule has 0 aromatic heterocycles. The summed E-state index contributed by atoms with van der Waals surface area (Å²) in [6.07, 6.45) is 5.17. The van der Waals surface area contributed by atoms with E-state index in [4.69, 9.17) is 4.74 Å². The first-order valence-electron chi connectivity index (χ1n) is 7.94. The van der Waals surface area contributed by atoms with Crippen LogP contribution < -0.4 is 10.6 Å². The Labute approximate surface area is 128 Å². The lowest BCUT2D eigenvalue weighted by molar-refractivity contribution is 0.134. The van der Waals surface area contributed by atoms with Crippen LogP contribution >= 0.6 is 0 Å². The molecule has 0 aliphatic heterocycles. The van der Waals surface area contributed by atoms with Gasteiger partial charge in [-0.25, -0.2) is 0 Å². The van der Waals surface area contributed by atoms with Gasteiger partial charge in [-0.2, -0.15) is 0 Å². The minimum absolute atomic E-state index is 0.588. The van der Waals surface area contributed by atoms with Crippen LogP contribution in [-0.4, -0.2) is 25.7 Å². The minimum atomic E-state index is 0.588. The number of aliphatic imine (C=N–C) groups is 1. The van der Waals surface area contributed by atoms with Crippen molar-refractivity contribution in [1.29, 1.82) is 0 Å². The van der Waals surface area contributed by atoms with Gasteiger partial charge in [0, 0.05) is 26.2 Å². The Kier molecular flexibility index (Phi) is 6.54. The SMILES string of the molecule is CCOCc1ccc(CNC(=NC)NC2CCCC2)cc1. The molecule has 1 aromatic carbocycles. The first-order chi connectivity index (χ1) is 10.3. The number of guanidine groups is 1. The Hall–Kier alpha value is -1.55. The van der Waals surface area contributed by atoms with Gasteiger partial charge in [0.25, 0.3) is 0 Å². The zero-order chi connectivity index (χ0) is 14.9. The van der Waals surface area contributed by atoms with Crippen molar-refractivity contribution in [3.8, 4) is 0 Å². The minimum Gasteiger partial charge on any atom is -0.377 e. The third-order valence-electron chi connectivity index (χ3n) is 3.88. The van der Waals surface area contributed by atoms with Gasteiger partial charge in [-0.1, -0.05) is 37.1 Å². The van der Waals surface area contributed by atoms with E-state index in [-0.39, 0.29) is 0 Å². The molecule has 0 atom stereocenters. The van der Waals surface area contributed by atoms with Gasteiger partial charge in [0.15, 0.2) is 5.96 Å². The molecule has 0 saturated heterocycles.